The van der Waals surface area contributed by atoms with E-state index in [0.717, 1.165) is 12.1 Å². The number of hydrogen-bond donors (Lipinski definition) is 2. The zero-order valence-corrected chi connectivity index (χ0v) is 11.1. The lowest BCUT2D eigenvalue weighted by atomic mass is 10.1. The van der Waals surface area contributed by atoms with Crippen molar-refractivity contribution >= 4 is 12.4 Å². The SMILES string of the molecule is C=C(C)C(C)CNC1=C(N)C=NC(C)(C)C=N1. The number of nitrogens with zero attached hydrogens (tertiary/aromatic N) is 2. The normalized spacial score (nSPS) is 20.0. The highest BCUT2D eigenvalue weighted by atomic mass is 15.1. The first kappa shape index (κ1) is 13.5. The Bertz CT molecular complexity index is 388. The maximum absolute atomic E-state index is 5.89. The van der Waals surface area contributed by atoms with E-state index in [0.29, 0.717) is 17.4 Å². The van der Waals surface area contributed by atoms with E-state index in [2.05, 4.69) is 28.8 Å². The van der Waals surface area contributed by atoms with Crippen molar-refractivity contribution in [1.82, 2.24) is 5.32 Å². The highest BCUT2D eigenvalue weighted by Gasteiger charge is 2.15. The summed E-state index contributed by atoms with van der Waals surface area (Å²) < 4.78 is 0. The Morgan fingerprint density at radius 3 is 2.82 bits per heavy atom. The maximum Gasteiger partial charge on any atom is 0.150 e. The molecule has 0 aromatic rings. The lowest BCUT2D eigenvalue weighted by molar-refractivity contribution is 0.617. The predicted molar refractivity (Wildman–Crippen MR) is 74.3 cm³/mol. The Morgan fingerprint density at radius 1 is 1.59 bits per heavy atom. The molecule has 0 radical (unpaired) electrons. The molecule has 0 aromatic carbocycles. The molecule has 0 aliphatic carbocycles. The Hall–Kier alpha value is -1.58. The molecule has 0 saturated heterocycles. The van der Waals surface area contributed by atoms with Gasteiger partial charge in [0.25, 0.3) is 0 Å². The zero-order valence-electron chi connectivity index (χ0n) is 11.1. The smallest absolute Gasteiger partial charge is 0.150 e. The number of nitrogens with one attached hydrogen (secondary N) is 1. The van der Waals surface area contributed by atoms with Crippen LogP contribution in [-0.2, 0) is 0 Å². The van der Waals surface area contributed by atoms with E-state index in [1.165, 1.54) is 0 Å². The van der Waals surface area contributed by atoms with Crippen LogP contribution >= 0.6 is 0 Å². The Labute approximate surface area is 103 Å². The molecule has 1 atom stereocenters. The number of nitrogens with two attached hydrogens (primary N) is 1. The minimum absolute atomic E-state index is 0.298. The zero-order chi connectivity index (χ0) is 13.1. The second kappa shape index (κ2) is 5.17. The molecule has 3 N–H and O–H groups in total. The van der Waals surface area contributed by atoms with Gasteiger partial charge in [-0.3, -0.25) is 4.99 Å². The van der Waals surface area contributed by atoms with Crippen LogP contribution < -0.4 is 11.1 Å². The molecule has 1 rings (SSSR count). The first-order chi connectivity index (χ1) is 7.82. The van der Waals surface area contributed by atoms with Gasteiger partial charge in [-0.25, -0.2) is 4.99 Å². The third-order valence-electron chi connectivity index (χ3n) is 2.74. The summed E-state index contributed by atoms with van der Waals surface area (Å²) >= 11 is 0. The Kier molecular flexibility index (Phi) is 4.10. The summed E-state index contributed by atoms with van der Waals surface area (Å²) in [6.07, 6.45) is 3.47. The summed E-state index contributed by atoms with van der Waals surface area (Å²) in [5.74, 6) is 1.08. The largest absolute Gasteiger partial charge is 0.394 e. The second-order valence-electron chi connectivity index (χ2n) is 5.10. The van der Waals surface area contributed by atoms with Crippen LogP contribution in [0.4, 0.5) is 0 Å². The molecule has 0 saturated carbocycles. The fraction of sp³-hybridized carbons (Fsp3) is 0.538. The van der Waals surface area contributed by atoms with Crippen LogP contribution in [0, 0.1) is 5.92 Å². The lowest BCUT2D eigenvalue weighted by Crippen LogP contribution is -2.23. The molecule has 0 aromatic heterocycles. The first-order valence-corrected chi connectivity index (χ1v) is 5.81. The topological polar surface area (TPSA) is 62.8 Å². The molecule has 0 bridgehead atoms. The van der Waals surface area contributed by atoms with Crippen LogP contribution in [-0.4, -0.2) is 24.5 Å². The lowest BCUT2D eigenvalue weighted by Gasteiger charge is -2.14. The molecular formula is C13H22N4. The Balaban J connectivity index is 2.71. The van der Waals surface area contributed by atoms with Crippen molar-refractivity contribution in [3.05, 3.63) is 23.7 Å². The van der Waals surface area contributed by atoms with Gasteiger partial charge in [0.1, 0.15) is 0 Å². The summed E-state index contributed by atoms with van der Waals surface area (Å²) in [4.78, 5) is 8.69. The highest BCUT2D eigenvalue weighted by Crippen LogP contribution is 2.12. The van der Waals surface area contributed by atoms with Gasteiger partial charge >= 0.3 is 0 Å². The molecule has 17 heavy (non-hydrogen) atoms. The quantitative estimate of drug-likeness (QED) is 0.729. The molecule has 4 heteroatoms. The van der Waals surface area contributed by atoms with Crippen LogP contribution in [0.5, 0.6) is 0 Å². The van der Waals surface area contributed by atoms with E-state index in [1.54, 1.807) is 12.4 Å². The minimum atomic E-state index is -0.298. The maximum atomic E-state index is 5.89. The van der Waals surface area contributed by atoms with Crippen molar-refractivity contribution < 1.29 is 0 Å². The fourth-order valence-corrected chi connectivity index (χ4v) is 1.20. The predicted octanol–water partition coefficient (Wildman–Crippen LogP) is 1.85. The second-order valence-corrected chi connectivity index (χ2v) is 5.10. The van der Waals surface area contributed by atoms with Crippen LogP contribution in [0.15, 0.2) is 33.7 Å². The summed E-state index contributed by atoms with van der Waals surface area (Å²) in [6, 6.07) is 0. The van der Waals surface area contributed by atoms with Gasteiger partial charge in [-0.1, -0.05) is 19.1 Å². The van der Waals surface area contributed by atoms with Crippen LogP contribution in [0.2, 0.25) is 0 Å². The molecule has 1 unspecified atom stereocenters. The van der Waals surface area contributed by atoms with Gasteiger partial charge in [-0.15, -0.1) is 0 Å². The van der Waals surface area contributed by atoms with E-state index in [-0.39, 0.29) is 5.54 Å². The number of aliphatic imine (C=N–C) groups is 2. The van der Waals surface area contributed by atoms with Gasteiger partial charge < -0.3 is 11.1 Å². The molecular weight excluding hydrogens is 212 g/mol. The molecule has 4 nitrogen and oxygen atoms in total. The van der Waals surface area contributed by atoms with Crippen molar-refractivity contribution in [3.63, 3.8) is 0 Å². The average molecular weight is 234 g/mol. The molecule has 0 spiro atoms. The van der Waals surface area contributed by atoms with Gasteiger partial charge in [-0.05, 0) is 26.7 Å². The number of allylic oxidation sites excluding steroid dienone is 1. The van der Waals surface area contributed by atoms with E-state index in [1.807, 2.05) is 20.8 Å². The molecule has 0 fully saturated rings. The number of hydrogen-bond acceptors (Lipinski definition) is 4. The third kappa shape index (κ3) is 4.06. The average Bonchev–Trinajstić information content (AvgIpc) is 2.36. The van der Waals surface area contributed by atoms with Crippen LogP contribution in [0.25, 0.3) is 0 Å². The van der Waals surface area contributed by atoms with Gasteiger partial charge in [0.2, 0.25) is 0 Å². The van der Waals surface area contributed by atoms with Gasteiger partial charge in [0.15, 0.2) is 5.82 Å². The summed E-state index contributed by atoms with van der Waals surface area (Å²) in [7, 11) is 0. The van der Waals surface area contributed by atoms with E-state index in [4.69, 9.17) is 5.73 Å². The van der Waals surface area contributed by atoms with E-state index < -0.39 is 0 Å². The molecule has 1 aliphatic heterocycles. The molecule has 94 valence electrons. The van der Waals surface area contributed by atoms with Crippen molar-refractivity contribution in [2.75, 3.05) is 6.54 Å². The van der Waals surface area contributed by atoms with Crippen molar-refractivity contribution in [1.29, 1.82) is 0 Å². The van der Waals surface area contributed by atoms with Gasteiger partial charge in [0.05, 0.1) is 11.2 Å². The highest BCUT2D eigenvalue weighted by molar-refractivity contribution is 5.84. The third-order valence-corrected chi connectivity index (χ3v) is 2.74. The van der Waals surface area contributed by atoms with Crippen molar-refractivity contribution in [2.45, 2.75) is 33.2 Å². The standard InChI is InChI=1S/C13H22N4/c1-9(2)10(3)6-15-12-11(14)7-17-13(4,5)8-16-12/h7-8,10,15H,1,6,14H2,2-5H3. The molecule has 1 heterocycles. The Morgan fingerprint density at radius 2 is 2.24 bits per heavy atom. The molecule has 1 aliphatic rings. The monoisotopic (exact) mass is 234 g/mol. The van der Waals surface area contributed by atoms with Crippen molar-refractivity contribution in [3.8, 4) is 0 Å². The van der Waals surface area contributed by atoms with Crippen LogP contribution in [0.3, 0.4) is 0 Å². The summed E-state index contributed by atoms with van der Waals surface area (Å²) in [5, 5.41) is 3.23. The first-order valence-electron chi connectivity index (χ1n) is 5.81. The fourth-order valence-electron chi connectivity index (χ4n) is 1.20. The van der Waals surface area contributed by atoms with Gasteiger partial charge in [-0.2, -0.15) is 0 Å². The van der Waals surface area contributed by atoms with Gasteiger partial charge in [0, 0.05) is 19.0 Å². The van der Waals surface area contributed by atoms with Crippen LogP contribution in [0.1, 0.15) is 27.7 Å². The minimum Gasteiger partial charge on any atom is -0.394 e. The summed E-state index contributed by atoms with van der Waals surface area (Å²) in [6.45, 7) is 12.8. The number of rotatable bonds is 4. The van der Waals surface area contributed by atoms with Crippen molar-refractivity contribution in [2.24, 2.45) is 21.6 Å². The summed E-state index contributed by atoms with van der Waals surface area (Å²) in [5.41, 5.74) is 7.31. The van der Waals surface area contributed by atoms with E-state index >= 15 is 0 Å². The van der Waals surface area contributed by atoms with E-state index in [9.17, 15) is 0 Å². The molecule has 0 amide bonds.